The molecule has 2 rings (SSSR count). The number of hydrogen-bond donors (Lipinski definition) is 1. The number of piperidine rings is 1. The lowest BCUT2D eigenvalue weighted by molar-refractivity contribution is 0.356. The van der Waals surface area contributed by atoms with Crippen molar-refractivity contribution in [3.63, 3.8) is 0 Å². The van der Waals surface area contributed by atoms with Crippen molar-refractivity contribution < 1.29 is 4.52 Å². The summed E-state index contributed by atoms with van der Waals surface area (Å²) in [6.07, 6.45) is 3.45. The minimum Gasteiger partial charge on any atom is -0.344 e. The molecule has 0 aromatic carbocycles. The Morgan fingerprint density at radius 1 is 1.54 bits per heavy atom. The predicted molar refractivity (Wildman–Crippen MR) is 50.8 cm³/mol. The third kappa shape index (κ3) is 2.45. The zero-order chi connectivity index (χ0) is 9.10. The maximum atomic E-state index is 5.64. The van der Waals surface area contributed by atoms with Gasteiger partial charge in [-0.25, -0.2) is 0 Å². The number of halogens is 1. The molecule has 0 amide bonds. The lowest BCUT2D eigenvalue weighted by atomic mass is 9.93. The van der Waals surface area contributed by atoms with Crippen LogP contribution in [0.15, 0.2) is 10.6 Å². The van der Waals surface area contributed by atoms with Crippen molar-refractivity contribution in [2.45, 2.75) is 19.3 Å². The van der Waals surface area contributed by atoms with Crippen LogP contribution in [0.4, 0.5) is 0 Å². The molecule has 0 saturated carbocycles. The first-order valence-corrected chi connectivity index (χ1v) is 5.04. The van der Waals surface area contributed by atoms with E-state index < -0.39 is 0 Å². The summed E-state index contributed by atoms with van der Waals surface area (Å²) in [5.74, 6) is 0.738. The van der Waals surface area contributed by atoms with Crippen LogP contribution in [-0.4, -0.2) is 18.2 Å². The zero-order valence-electron chi connectivity index (χ0n) is 7.42. The summed E-state index contributed by atoms with van der Waals surface area (Å²) in [5, 5.41) is 7.61. The Bertz CT molecular complexity index is 268. The molecule has 2 heterocycles. The molecule has 0 radical (unpaired) electrons. The molecular formula is C9H13ClN2O. The summed E-state index contributed by atoms with van der Waals surface area (Å²) < 4.78 is 4.81. The number of nitrogens with one attached hydrogen (secondary N) is 1. The van der Waals surface area contributed by atoms with Crippen LogP contribution in [0.5, 0.6) is 0 Å². The third-order valence-corrected chi connectivity index (χ3v) is 2.66. The fourth-order valence-corrected chi connectivity index (χ4v) is 1.92. The first kappa shape index (κ1) is 9.03. The van der Waals surface area contributed by atoms with Gasteiger partial charge in [-0.3, -0.25) is 0 Å². The van der Waals surface area contributed by atoms with Crippen molar-refractivity contribution in [1.29, 1.82) is 0 Å². The van der Waals surface area contributed by atoms with Crippen molar-refractivity contribution in [3.05, 3.63) is 17.0 Å². The second-order valence-corrected chi connectivity index (χ2v) is 3.89. The van der Waals surface area contributed by atoms with Gasteiger partial charge in [-0.1, -0.05) is 5.16 Å². The highest BCUT2D eigenvalue weighted by molar-refractivity contribution is 6.28. The monoisotopic (exact) mass is 200 g/mol. The Kier molecular flexibility index (Phi) is 2.86. The van der Waals surface area contributed by atoms with Crippen LogP contribution in [0, 0.1) is 5.92 Å². The molecule has 0 spiro atoms. The number of aromatic nitrogens is 1. The van der Waals surface area contributed by atoms with Crippen LogP contribution < -0.4 is 5.32 Å². The molecule has 1 aliphatic heterocycles. The van der Waals surface area contributed by atoms with Crippen LogP contribution >= 0.6 is 11.6 Å². The molecule has 3 nitrogen and oxygen atoms in total. The van der Waals surface area contributed by atoms with Gasteiger partial charge >= 0.3 is 0 Å². The second kappa shape index (κ2) is 4.11. The maximum absolute atomic E-state index is 5.64. The smallest absolute Gasteiger partial charge is 0.226 e. The highest BCUT2D eigenvalue weighted by atomic mass is 35.5. The van der Waals surface area contributed by atoms with E-state index in [1.54, 1.807) is 0 Å². The summed E-state index contributed by atoms with van der Waals surface area (Å²) in [5.41, 5.74) is 0.983. The standard InChI is InChI=1S/C9H13ClN2O/c10-9-6-8(12-13-9)5-7-1-3-11-4-2-7/h6-7,11H,1-5H2. The molecule has 1 fully saturated rings. The fraction of sp³-hybridized carbons (Fsp3) is 0.667. The summed E-state index contributed by atoms with van der Waals surface area (Å²) in [4.78, 5) is 0. The van der Waals surface area contributed by atoms with Gasteiger partial charge in [0.05, 0.1) is 5.69 Å². The average Bonchev–Trinajstić information content (AvgIpc) is 2.53. The van der Waals surface area contributed by atoms with E-state index in [1.807, 2.05) is 6.07 Å². The van der Waals surface area contributed by atoms with Crippen molar-refractivity contribution in [1.82, 2.24) is 10.5 Å². The van der Waals surface area contributed by atoms with Crippen molar-refractivity contribution in [3.8, 4) is 0 Å². The second-order valence-electron chi connectivity index (χ2n) is 3.52. The molecule has 72 valence electrons. The van der Waals surface area contributed by atoms with Crippen LogP contribution in [0.25, 0.3) is 0 Å². The molecule has 1 aromatic rings. The number of rotatable bonds is 2. The van der Waals surface area contributed by atoms with E-state index in [0.717, 1.165) is 31.1 Å². The highest BCUT2D eigenvalue weighted by Gasteiger charge is 2.15. The Labute approximate surface area is 82.4 Å². The topological polar surface area (TPSA) is 38.1 Å². The largest absolute Gasteiger partial charge is 0.344 e. The predicted octanol–water partition coefficient (Wildman–Crippen LogP) is 1.87. The molecule has 1 saturated heterocycles. The molecule has 0 unspecified atom stereocenters. The van der Waals surface area contributed by atoms with Gasteiger partial charge < -0.3 is 9.84 Å². The normalized spacial score (nSPS) is 19.2. The number of hydrogen-bond acceptors (Lipinski definition) is 3. The Morgan fingerprint density at radius 2 is 2.31 bits per heavy atom. The van der Waals surface area contributed by atoms with E-state index in [-0.39, 0.29) is 0 Å². The zero-order valence-corrected chi connectivity index (χ0v) is 8.18. The van der Waals surface area contributed by atoms with Gasteiger partial charge in [0.1, 0.15) is 0 Å². The van der Waals surface area contributed by atoms with Crippen molar-refractivity contribution in [2.24, 2.45) is 5.92 Å². The molecule has 0 atom stereocenters. The lowest BCUT2D eigenvalue weighted by Gasteiger charge is -2.21. The van der Waals surface area contributed by atoms with Crippen LogP contribution in [0.1, 0.15) is 18.5 Å². The SMILES string of the molecule is Clc1cc(CC2CCNCC2)no1. The third-order valence-electron chi connectivity index (χ3n) is 2.49. The molecule has 1 aromatic heterocycles. The fourth-order valence-electron chi connectivity index (χ4n) is 1.76. The van der Waals surface area contributed by atoms with Gasteiger partial charge in [0.25, 0.3) is 0 Å². The molecule has 0 bridgehead atoms. The molecule has 1 N–H and O–H groups in total. The van der Waals surface area contributed by atoms with Crippen LogP contribution in [-0.2, 0) is 6.42 Å². The van der Waals surface area contributed by atoms with Crippen molar-refractivity contribution in [2.75, 3.05) is 13.1 Å². The molecule has 1 aliphatic rings. The minimum absolute atomic E-state index is 0.393. The molecule has 13 heavy (non-hydrogen) atoms. The van der Waals surface area contributed by atoms with Crippen LogP contribution in [0.2, 0.25) is 5.22 Å². The highest BCUT2D eigenvalue weighted by Crippen LogP contribution is 2.19. The van der Waals surface area contributed by atoms with E-state index in [4.69, 9.17) is 16.1 Å². The van der Waals surface area contributed by atoms with E-state index in [1.165, 1.54) is 12.8 Å². The summed E-state index contributed by atoms with van der Waals surface area (Å²) in [6.45, 7) is 2.24. The first-order chi connectivity index (χ1) is 6.34. The summed E-state index contributed by atoms with van der Waals surface area (Å²) in [6, 6.07) is 1.81. The van der Waals surface area contributed by atoms with Crippen LogP contribution in [0.3, 0.4) is 0 Å². The Morgan fingerprint density at radius 3 is 2.92 bits per heavy atom. The van der Waals surface area contributed by atoms with Gasteiger partial charge in [-0.2, -0.15) is 0 Å². The summed E-state index contributed by atoms with van der Waals surface area (Å²) in [7, 11) is 0. The van der Waals surface area contributed by atoms with Gasteiger partial charge in [0.2, 0.25) is 5.22 Å². The van der Waals surface area contributed by atoms with Crippen molar-refractivity contribution >= 4 is 11.6 Å². The summed E-state index contributed by atoms with van der Waals surface area (Å²) >= 11 is 5.64. The van der Waals surface area contributed by atoms with E-state index in [0.29, 0.717) is 5.22 Å². The van der Waals surface area contributed by atoms with E-state index in [9.17, 15) is 0 Å². The number of nitrogens with zero attached hydrogens (tertiary/aromatic N) is 1. The quantitative estimate of drug-likeness (QED) is 0.792. The van der Waals surface area contributed by atoms with Gasteiger partial charge in [0.15, 0.2) is 0 Å². The molecular weight excluding hydrogens is 188 g/mol. The Balaban J connectivity index is 1.89. The Hall–Kier alpha value is -0.540. The van der Waals surface area contributed by atoms with Gasteiger partial charge in [-0.05, 0) is 49.9 Å². The van der Waals surface area contributed by atoms with E-state index >= 15 is 0 Å². The maximum Gasteiger partial charge on any atom is 0.226 e. The first-order valence-electron chi connectivity index (χ1n) is 4.66. The van der Waals surface area contributed by atoms with Gasteiger partial charge in [0, 0.05) is 6.07 Å². The minimum atomic E-state index is 0.393. The molecule has 0 aliphatic carbocycles. The lowest BCUT2D eigenvalue weighted by Crippen LogP contribution is -2.28. The average molecular weight is 201 g/mol. The molecule has 4 heteroatoms. The van der Waals surface area contributed by atoms with Gasteiger partial charge in [-0.15, -0.1) is 0 Å². The van der Waals surface area contributed by atoms with E-state index in [2.05, 4.69) is 10.5 Å².